The van der Waals surface area contributed by atoms with E-state index in [1.54, 1.807) is 7.11 Å². The molecule has 0 aliphatic rings. The smallest absolute Gasteiger partial charge is 0.186 e. The van der Waals surface area contributed by atoms with Gasteiger partial charge in [0.1, 0.15) is 5.75 Å². The first-order chi connectivity index (χ1) is 7.87. The molecule has 0 N–H and O–H groups in total. The van der Waals surface area contributed by atoms with Crippen LogP contribution < -0.4 is 4.74 Å². The summed E-state index contributed by atoms with van der Waals surface area (Å²) in [4.78, 5) is 0. The fourth-order valence-corrected chi connectivity index (χ4v) is 2.69. The van der Waals surface area contributed by atoms with Gasteiger partial charge in [0.05, 0.1) is 13.2 Å². The van der Waals surface area contributed by atoms with Crippen molar-refractivity contribution in [2.45, 2.75) is 25.7 Å². The molecule has 3 nitrogen and oxygen atoms in total. The predicted molar refractivity (Wildman–Crippen MR) is 73.5 cm³/mol. The minimum absolute atomic E-state index is 0.575. The molecule has 92 valence electrons. The van der Waals surface area contributed by atoms with Crippen LogP contribution in [0.5, 0.6) is 5.75 Å². The van der Waals surface area contributed by atoms with Gasteiger partial charge in [-0.05, 0) is 37.8 Å². The van der Waals surface area contributed by atoms with Crippen LogP contribution in [0, 0.1) is 11.3 Å². The first-order valence-electron chi connectivity index (χ1n) is 5.28. The van der Waals surface area contributed by atoms with Gasteiger partial charge < -0.3 is 9.16 Å². The summed E-state index contributed by atoms with van der Waals surface area (Å²) in [5.74, 6) is 0.679. The molecule has 0 fully saturated rings. The SMILES string of the molecule is COc1ccc(Br)cc1C(C#N)O[Si](C)(C)C. The van der Waals surface area contributed by atoms with Crippen LogP contribution in [-0.4, -0.2) is 15.4 Å². The van der Waals surface area contributed by atoms with Gasteiger partial charge in [-0.3, -0.25) is 0 Å². The molecule has 0 heterocycles. The van der Waals surface area contributed by atoms with Crippen LogP contribution >= 0.6 is 15.9 Å². The Labute approximate surface area is 112 Å². The van der Waals surface area contributed by atoms with E-state index in [1.165, 1.54) is 0 Å². The highest BCUT2D eigenvalue weighted by Gasteiger charge is 2.24. The quantitative estimate of drug-likeness (QED) is 0.792. The van der Waals surface area contributed by atoms with E-state index in [1.807, 2.05) is 18.2 Å². The molecule has 1 aromatic carbocycles. The van der Waals surface area contributed by atoms with Crippen LogP contribution in [-0.2, 0) is 4.43 Å². The monoisotopic (exact) mass is 313 g/mol. The highest BCUT2D eigenvalue weighted by Crippen LogP contribution is 2.31. The molecule has 0 aliphatic heterocycles. The topological polar surface area (TPSA) is 42.2 Å². The molecule has 1 atom stereocenters. The normalized spacial score (nSPS) is 12.9. The number of methoxy groups -OCH3 is 1. The number of hydrogen-bond acceptors (Lipinski definition) is 3. The van der Waals surface area contributed by atoms with E-state index in [0.29, 0.717) is 5.75 Å². The lowest BCUT2D eigenvalue weighted by Gasteiger charge is -2.23. The third-order valence-electron chi connectivity index (χ3n) is 2.06. The van der Waals surface area contributed by atoms with Gasteiger partial charge in [-0.1, -0.05) is 15.9 Å². The summed E-state index contributed by atoms with van der Waals surface area (Å²) in [7, 11) is -0.178. The van der Waals surface area contributed by atoms with Gasteiger partial charge in [0.2, 0.25) is 0 Å². The minimum Gasteiger partial charge on any atom is -0.496 e. The number of nitriles is 1. The number of halogens is 1. The largest absolute Gasteiger partial charge is 0.496 e. The molecule has 0 amide bonds. The number of ether oxygens (including phenoxy) is 1. The molecule has 1 aromatic rings. The van der Waals surface area contributed by atoms with Gasteiger partial charge in [-0.25, -0.2) is 0 Å². The molecule has 1 rings (SSSR count). The molecule has 0 saturated heterocycles. The molecule has 0 aromatic heterocycles. The van der Waals surface area contributed by atoms with Crippen LogP contribution in [0.4, 0.5) is 0 Å². The van der Waals surface area contributed by atoms with Crippen molar-refractivity contribution in [3.05, 3.63) is 28.2 Å². The van der Waals surface area contributed by atoms with Gasteiger partial charge in [0.25, 0.3) is 0 Å². The second kappa shape index (κ2) is 5.67. The first kappa shape index (κ1) is 14.2. The van der Waals surface area contributed by atoms with Crippen molar-refractivity contribution in [1.29, 1.82) is 5.26 Å². The van der Waals surface area contributed by atoms with E-state index in [4.69, 9.17) is 9.16 Å². The fourth-order valence-electron chi connectivity index (χ4n) is 1.42. The van der Waals surface area contributed by atoms with E-state index in [9.17, 15) is 5.26 Å². The first-order valence-corrected chi connectivity index (χ1v) is 9.48. The Bertz CT molecular complexity index is 437. The summed E-state index contributed by atoms with van der Waals surface area (Å²) in [5.41, 5.74) is 0.770. The number of benzene rings is 1. The van der Waals surface area contributed by atoms with Gasteiger partial charge in [0.15, 0.2) is 14.4 Å². The number of hydrogen-bond donors (Lipinski definition) is 0. The van der Waals surface area contributed by atoms with Gasteiger partial charge in [-0.15, -0.1) is 0 Å². The Hall–Kier alpha value is -0.833. The molecule has 0 spiro atoms. The summed E-state index contributed by atoms with van der Waals surface area (Å²) in [6.07, 6.45) is -0.575. The minimum atomic E-state index is -1.77. The Morgan fingerprint density at radius 1 is 1.35 bits per heavy atom. The van der Waals surface area contributed by atoms with Crippen LogP contribution in [0.15, 0.2) is 22.7 Å². The van der Waals surface area contributed by atoms with Crippen molar-refractivity contribution in [2.75, 3.05) is 7.11 Å². The Kier molecular flexibility index (Phi) is 4.75. The summed E-state index contributed by atoms with van der Waals surface area (Å²) < 4.78 is 12.0. The third kappa shape index (κ3) is 4.15. The van der Waals surface area contributed by atoms with Crippen LogP contribution in [0.1, 0.15) is 11.7 Å². The molecule has 0 aliphatic carbocycles. The lowest BCUT2D eigenvalue weighted by atomic mass is 10.1. The molecular weight excluding hydrogens is 298 g/mol. The zero-order valence-corrected chi connectivity index (χ0v) is 13.0. The average Bonchev–Trinajstić information content (AvgIpc) is 2.24. The molecular formula is C12H16BrNO2Si. The van der Waals surface area contributed by atoms with Crippen molar-refractivity contribution in [3.63, 3.8) is 0 Å². The zero-order chi connectivity index (χ0) is 13.1. The summed E-state index contributed by atoms with van der Waals surface area (Å²) in [6, 6.07) is 7.77. The molecule has 0 saturated carbocycles. The maximum Gasteiger partial charge on any atom is 0.186 e. The maximum atomic E-state index is 9.23. The van der Waals surface area contributed by atoms with Crippen molar-refractivity contribution >= 4 is 24.2 Å². The maximum absolute atomic E-state index is 9.23. The zero-order valence-electron chi connectivity index (χ0n) is 10.5. The Morgan fingerprint density at radius 3 is 2.47 bits per heavy atom. The highest BCUT2D eigenvalue weighted by atomic mass is 79.9. The fraction of sp³-hybridized carbons (Fsp3) is 0.417. The van der Waals surface area contributed by atoms with Crippen LogP contribution in [0.2, 0.25) is 19.6 Å². The summed E-state index contributed by atoms with van der Waals surface area (Å²) in [6.45, 7) is 6.17. The van der Waals surface area contributed by atoms with Crippen LogP contribution in [0.25, 0.3) is 0 Å². The molecule has 1 unspecified atom stereocenters. The van der Waals surface area contributed by atoms with Gasteiger partial charge in [-0.2, -0.15) is 5.26 Å². The molecule has 0 bridgehead atoms. The van der Waals surface area contributed by atoms with Crippen molar-refractivity contribution < 1.29 is 9.16 Å². The van der Waals surface area contributed by atoms with E-state index in [2.05, 4.69) is 41.6 Å². The standard InChI is InChI=1S/C12H16BrNO2Si/c1-15-11-6-5-9(13)7-10(11)12(8-14)16-17(2,3)4/h5-7,12H,1-4H3. The predicted octanol–water partition coefficient (Wildman–Crippen LogP) is 3.87. The Morgan fingerprint density at radius 2 is 2.00 bits per heavy atom. The van der Waals surface area contributed by atoms with Crippen molar-refractivity contribution in [2.24, 2.45) is 0 Å². The molecule has 17 heavy (non-hydrogen) atoms. The average molecular weight is 314 g/mol. The van der Waals surface area contributed by atoms with Crippen LogP contribution in [0.3, 0.4) is 0 Å². The second-order valence-electron chi connectivity index (χ2n) is 4.63. The second-order valence-corrected chi connectivity index (χ2v) is 10.0. The summed E-state index contributed by atoms with van der Waals surface area (Å²) >= 11 is 3.39. The molecule has 5 heteroatoms. The van der Waals surface area contributed by atoms with E-state index in [-0.39, 0.29) is 0 Å². The number of nitrogens with zero attached hydrogens (tertiary/aromatic N) is 1. The third-order valence-corrected chi connectivity index (χ3v) is 3.50. The number of rotatable bonds is 4. The van der Waals surface area contributed by atoms with Gasteiger partial charge >= 0.3 is 0 Å². The van der Waals surface area contributed by atoms with E-state index < -0.39 is 14.4 Å². The summed E-state index contributed by atoms with van der Waals surface area (Å²) in [5, 5.41) is 9.23. The van der Waals surface area contributed by atoms with Crippen molar-refractivity contribution in [1.82, 2.24) is 0 Å². The van der Waals surface area contributed by atoms with Gasteiger partial charge in [0, 0.05) is 10.0 Å². The Balaban J connectivity index is 3.11. The van der Waals surface area contributed by atoms with E-state index >= 15 is 0 Å². The highest BCUT2D eigenvalue weighted by molar-refractivity contribution is 9.10. The molecule has 0 radical (unpaired) electrons. The van der Waals surface area contributed by atoms with Crippen molar-refractivity contribution in [3.8, 4) is 11.8 Å². The van der Waals surface area contributed by atoms with E-state index in [0.717, 1.165) is 10.0 Å². The lowest BCUT2D eigenvalue weighted by molar-refractivity contribution is 0.248. The lowest BCUT2D eigenvalue weighted by Crippen LogP contribution is -2.27.